The smallest absolute Gasteiger partial charge is 0.146 e. The van der Waals surface area contributed by atoms with Gasteiger partial charge in [0.25, 0.3) is 0 Å². The number of aliphatic hydroxyl groups excluding tert-OH is 1. The van der Waals surface area contributed by atoms with Crippen molar-refractivity contribution in [2.45, 2.75) is 32.9 Å². The number of furan rings is 1. The van der Waals surface area contributed by atoms with Gasteiger partial charge in [-0.2, -0.15) is 5.10 Å². The molecule has 0 aliphatic carbocycles. The van der Waals surface area contributed by atoms with Crippen molar-refractivity contribution in [2.75, 3.05) is 0 Å². The van der Waals surface area contributed by atoms with Crippen molar-refractivity contribution >= 4 is 31.9 Å². The molecule has 2 rings (SSSR count). The fourth-order valence-corrected chi connectivity index (χ4v) is 2.79. The first-order valence-corrected chi connectivity index (χ1v) is 7.26. The zero-order chi connectivity index (χ0) is 13.3. The second-order valence-corrected chi connectivity index (χ2v) is 5.66. The van der Waals surface area contributed by atoms with E-state index in [1.54, 1.807) is 12.3 Å². The molecule has 4 nitrogen and oxygen atoms in total. The van der Waals surface area contributed by atoms with E-state index in [0.29, 0.717) is 12.2 Å². The van der Waals surface area contributed by atoms with Crippen molar-refractivity contribution in [3.05, 3.63) is 38.4 Å². The van der Waals surface area contributed by atoms with Gasteiger partial charge in [-0.15, -0.1) is 0 Å². The summed E-state index contributed by atoms with van der Waals surface area (Å²) < 4.78 is 8.90. The molecule has 1 unspecified atom stereocenters. The van der Waals surface area contributed by atoms with E-state index >= 15 is 0 Å². The fourth-order valence-electron chi connectivity index (χ4n) is 1.88. The number of rotatable bonds is 4. The molecule has 0 aliphatic rings. The molecule has 2 aromatic heterocycles. The number of aryl methyl sites for hydroxylation is 2. The van der Waals surface area contributed by atoms with Gasteiger partial charge in [-0.3, -0.25) is 4.68 Å². The Bertz CT molecular complexity index is 548. The molecule has 0 aliphatic heterocycles. The molecule has 6 heteroatoms. The first-order valence-electron chi connectivity index (χ1n) is 5.67. The van der Waals surface area contributed by atoms with Crippen LogP contribution in [0.3, 0.4) is 0 Å². The highest BCUT2D eigenvalue weighted by molar-refractivity contribution is 9.10. The molecule has 2 aromatic rings. The van der Waals surface area contributed by atoms with Crippen LogP contribution in [-0.4, -0.2) is 14.9 Å². The molecule has 0 saturated carbocycles. The van der Waals surface area contributed by atoms with Gasteiger partial charge in [0.15, 0.2) is 0 Å². The Morgan fingerprint density at radius 3 is 2.78 bits per heavy atom. The van der Waals surface area contributed by atoms with E-state index in [9.17, 15) is 5.11 Å². The molecule has 0 amide bonds. The monoisotopic (exact) mass is 376 g/mol. The Morgan fingerprint density at radius 1 is 1.50 bits per heavy atom. The SMILES string of the molecule is CCn1nc(C)c(Br)c1CC(O)c1occc1Br. The van der Waals surface area contributed by atoms with Crippen molar-refractivity contribution in [3.63, 3.8) is 0 Å². The summed E-state index contributed by atoms with van der Waals surface area (Å²) in [4.78, 5) is 0. The molecule has 1 atom stereocenters. The third-order valence-electron chi connectivity index (χ3n) is 2.79. The molecule has 0 spiro atoms. The second kappa shape index (κ2) is 5.59. The molecule has 0 saturated heterocycles. The summed E-state index contributed by atoms with van der Waals surface area (Å²) in [5.41, 5.74) is 1.91. The Labute approximate surface area is 122 Å². The minimum absolute atomic E-state index is 0.460. The third-order valence-corrected chi connectivity index (χ3v) is 4.47. The molecule has 0 aromatic carbocycles. The molecule has 2 heterocycles. The van der Waals surface area contributed by atoms with Crippen molar-refractivity contribution in [1.29, 1.82) is 0 Å². The molecule has 18 heavy (non-hydrogen) atoms. The van der Waals surface area contributed by atoms with Crippen LogP contribution in [0.5, 0.6) is 0 Å². The van der Waals surface area contributed by atoms with E-state index in [0.717, 1.165) is 26.9 Å². The molecular weight excluding hydrogens is 364 g/mol. The summed E-state index contributed by atoms with van der Waals surface area (Å²) in [6, 6.07) is 1.77. The van der Waals surface area contributed by atoms with Gasteiger partial charge < -0.3 is 9.52 Å². The van der Waals surface area contributed by atoms with Gasteiger partial charge in [-0.1, -0.05) is 0 Å². The molecule has 0 fully saturated rings. The lowest BCUT2D eigenvalue weighted by molar-refractivity contribution is 0.146. The number of hydrogen-bond acceptors (Lipinski definition) is 3. The van der Waals surface area contributed by atoms with Gasteiger partial charge in [0.1, 0.15) is 11.9 Å². The minimum atomic E-state index is -0.688. The summed E-state index contributed by atoms with van der Waals surface area (Å²) >= 11 is 6.87. The van der Waals surface area contributed by atoms with E-state index < -0.39 is 6.10 Å². The first-order chi connectivity index (χ1) is 8.54. The lowest BCUT2D eigenvalue weighted by atomic mass is 10.1. The molecule has 0 bridgehead atoms. The Hall–Kier alpha value is -0.590. The zero-order valence-electron chi connectivity index (χ0n) is 10.2. The van der Waals surface area contributed by atoms with Gasteiger partial charge in [0.05, 0.1) is 26.6 Å². The van der Waals surface area contributed by atoms with Crippen molar-refractivity contribution < 1.29 is 9.52 Å². The van der Waals surface area contributed by atoms with Gasteiger partial charge in [0, 0.05) is 13.0 Å². The highest BCUT2D eigenvalue weighted by atomic mass is 79.9. The van der Waals surface area contributed by atoms with E-state index in [4.69, 9.17) is 4.42 Å². The third kappa shape index (κ3) is 2.55. The maximum absolute atomic E-state index is 10.2. The zero-order valence-corrected chi connectivity index (χ0v) is 13.3. The standard InChI is InChI=1S/C12H14Br2N2O2/c1-3-16-9(11(14)7(2)15-16)6-10(17)12-8(13)4-5-18-12/h4-5,10,17H,3,6H2,1-2H3. The molecule has 0 radical (unpaired) electrons. The summed E-state index contributed by atoms with van der Waals surface area (Å²) in [6.07, 6.45) is 1.33. The van der Waals surface area contributed by atoms with E-state index in [2.05, 4.69) is 37.0 Å². The molecule has 1 N–H and O–H groups in total. The van der Waals surface area contributed by atoms with Gasteiger partial charge in [-0.05, 0) is 51.8 Å². The Kier molecular flexibility index (Phi) is 4.29. The maximum atomic E-state index is 10.2. The van der Waals surface area contributed by atoms with Crippen LogP contribution in [0.15, 0.2) is 25.7 Å². The van der Waals surface area contributed by atoms with Crippen LogP contribution in [-0.2, 0) is 13.0 Å². The van der Waals surface area contributed by atoms with Crippen molar-refractivity contribution in [1.82, 2.24) is 9.78 Å². The first kappa shape index (κ1) is 13.8. The van der Waals surface area contributed by atoms with E-state index in [1.165, 1.54) is 0 Å². The topological polar surface area (TPSA) is 51.2 Å². The fraction of sp³-hybridized carbons (Fsp3) is 0.417. The summed E-state index contributed by atoms with van der Waals surface area (Å²) in [5.74, 6) is 0.545. The van der Waals surface area contributed by atoms with Crippen LogP contribution in [0, 0.1) is 6.92 Å². The molecular formula is C12H14Br2N2O2. The molecule has 98 valence electrons. The Balaban J connectivity index is 2.27. The minimum Gasteiger partial charge on any atom is -0.465 e. The summed E-state index contributed by atoms with van der Waals surface area (Å²) in [5, 5.41) is 14.6. The largest absolute Gasteiger partial charge is 0.465 e. The van der Waals surface area contributed by atoms with Gasteiger partial charge >= 0.3 is 0 Å². The van der Waals surface area contributed by atoms with Crippen LogP contribution >= 0.6 is 31.9 Å². The van der Waals surface area contributed by atoms with Crippen LogP contribution < -0.4 is 0 Å². The van der Waals surface area contributed by atoms with E-state index in [1.807, 2.05) is 18.5 Å². The lowest BCUT2D eigenvalue weighted by Crippen LogP contribution is -2.08. The maximum Gasteiger partial charge on any atom is 0.146 e. The quantitative estimate of drug-likeness (QED) is 0.885. The van der Waals surface area contributed by atoms with Crippen molar-refractivity contribution in [2.24, 2.45) is 0 Å². The van der Waals surface area contributed by atoms with Gasteiger partial charge in [-0.25, -0.2) is 0 Å². The normalized spacial score (nSPS) is 12.9. The predicted octanol–water partition coefficient (Wildman–Crippen LogP) is 3.61. The van der Waals surface area contributed by atoms with Crippen LogP contribution in [0.2, 0.25) is 0 Å². The van der Waals surface area contributed by atoms with Crippen LogP contribution in [0.4, 0.5) is 0 Å². The second-order valence-electron chi connectivity index (χ2n) is 4.01. The number of hydrogen-bond donors (Lipinski definition) is 1. The number of aliphatic hydroxyl groups is 1. The average molecular weight is 378 g/mol. The average Bonchev–Trinajstić information content (AvgIpc) is 2.87. The van der Waals surface area contributed by atoms with Crippen LogP contribution in [0.25, 0.3) is 0 Å². The Morgan fingerprint density at radius 2 is 2.22 bits per heavy atom. The number of halogens is 2. The number of aromatic nitrogens is 2. The van der Waals surface area contributed by atoms with Crippen molar-refractivity contribution in [3.8, 4) is 0 Å². The summed E-state index contributed by atoms with van der Waals surface area (Å²) in [6.45, 7) is 4.74. The lowest BCUT2D eigenvalue weighted by Gasteiger charge is -2.10. The predicted molar refractivity (Wildman–Crippen MR) is 75.4 cm³/mol. The van der Waals surface area contributed by atoms with Gasteiger partial charge in [0.2, 0.25) is 0 Å². The highest BCUT2D eigenvalue weighted by Crippen LogP contribution is 2.30. The highest BCUT2D eigenvalue weighted by Gasteiger charge is 2.20. The van der Waals surface area contributed by atoms with E-state index in [-0.39, 0.29) is 0 Å². The van der Waals surface area contributed by atoms with Crippen LogP contribution in [0.1, 0.15) is 30.2 Å². The summed E-state index contributed by atoms with van der Waals surface area (Å²) in [7, 11) is 0. The number of nitrogens with zero attached hydrogens (tertiary/aromatic N) is 2.